The van der Waals surface area contributed by atoms with Gasteiger partial charge in [0.1, 0.15) is 5.75 Å². The van der Waals surface area contributed by atoms with Crippen LogP contribution in [-0.2, 0) is 11.8 Å². The van der Waals surface area contributed by atoms with Gasteiger partial charge in [0.25, 0.3) is 5.91 Å². The van der Waals surface area contributed by atoms with E-state index in [0.717, 1.165) is 35.4 Å². The number of thiazole rings is 1. The molecule has 1 aromatic carbocycles. The third-order valence-electron chi connectivity index (χ3n) is 4.48. The Labute approximate surface area is 161 Å². The highest BCUT2D eigenvalue weighted by Gasteiger charge is 2.28. The first-order chi connectivity index (χ1) is 13.1. The molecule has 1 atom stereocenters. The van der Waals surface area contributed by atoms with Gasteiger partial charge in [-0.05, 0) is 44.0 Å². The van der Waals surface area contributed by atoms with Crippen molar-refractivity contribution in [2.45, 2.75) is 25.9 Å². The number of anilines is 1. The number of fused-ring (bicyclic) bond motifs is 1. The van der Waals surface area contributed by atoms with E-state index in [1.54, 1.807) is 28.9 Å². The van der Waals surface area contributed by atoms with Crippen LogP contribution in [0, 0.1) is 0 Å². The molecule has 0 saturated carbocycles. The highest BCUT2D eigenvalue weighted by Crippen LogP contribution is 2.33. The molecule has 7 nitrogen and oxygen atoms in total. The lowest BCUT2D eigenvalue weighted by Gasteiger charge is -2.22. The van der Waals surface area contributed by atoms with E-state index < -0.39 is 0 Å². The summed E-state index contributed by atoms with van der Waals surface area (Å²) in [5.74, 6) is 0.650. The van der Waals surface area contributed by atoms with Crippen LogP contribution in [0.2, 0.25) is 0 Å². The molecule has 27 heavy (non-hydrogen) atoms. The van der Waals surface area contributed by atoms with Gasteiger partial charge >= 0.3 is 0 Å². The maximum atomic E-state index is 13.1. The molecule has 4 rings (SSSR count). The van der Waals surface area contributed by atoms with Crippen molar-refractivity contribution in [1.29, 1.82) is 0 Å². The van der Waals surface area contributed by atoms with Crippen LogP contribution in [-0.4, -0.2) is 46.5 Å². The average Bonchev–Trinajstić information content (AvgIpc) is 3.39. The number of carbonyl (C=O) groups is 1. The molecule has 1 saturated heterocycles. The van der Waals surface area contributed by atoms with Crippen LogP contribution in [0.1, 0.15) is 30.3 Å². The van der Waals surface area contributed by atoms with Gasteiger partial charge in [0.2, 0.25) is 0 Å². The van der Waals surface area contributed by atoms with Crippen LogP contribution >= 0.6 is 11.3 Å². The van der Waals surface area contributed by atoms with E-state index in [9.17, 15) is 4.79 Å². The van der Waals surface area contributed by atoms with E-state index >= 15 is 0 Å². The number of hydrogen-bond donors (Lipinski definition) is 0. The van der Waals surface area contributed by atoms with Gasteiger partial charge < -0.3 is 9.47 Å². The zero-order chi connectivity index (χ0) is 18.8. The third kappa shape index (κ3) is 3.81. The second-order valence-corrected chi connectivity index (χ2v) is 7.49. The normalized spacial score (nSPS) is 16.7. The lowest BCUT2D eigenvalue weighted by Crippen LogP contribution is -2.37. The molecule has 1 amide bonds. The fourth-order valence-electron chi connectivity index (χ4n) is 3.17. The summed E-state index contributed by atoms with van der Waals surface area (Å²) in [7, 11) is 1.80. The van der Waals surface area contributed by atoms with Crippen molar-refractivity contribution in [2.75, 3.05) is 24.7 Å². The van der Waals surface area contributed by atoms with Crippen molar-refractivity contribution in [2.24, 2.45) is 7.05 Å². The Kier molecular flexibility index (Phi) is 5.09. The number of hydrogen-bond acceptors (Lipinski definition) is 6. The van der Waals surface area contributed by atoms with E-state index in [1.807, 2.05) is 25.1 Å². The van der Waals surface area contributed by atoms with Gasteiger partial charge in [-0.3, -0.25) is 14.4 Å². The molecule has 0 aliphatic carbocycles. The van der Waals surface area contributed by atoms with Crippen LogP contribution in [0.15, 0.2) is 30.5 Å². The molecule has 0 bridgehead atoms. The molecule has 1 fully saturated rings. The van der Waals surface area contributed by atoms with Crippen molar-refractivity contribution in [3.8, 4) is 5.75 Å². The SMILES string of the molecule is CCOc1ccc2nc(N(CC3CCCO3)C(=O)c3ccn(C)n3)sc2c1. The van der Waals surface area contributed by atoms with Gasteiger partial charge in [0, 0.05) is 19.9 Å². The van der Waals surface area contributed by atoms with Gasteiger partial charge in [-0.15, -0.1) is 0 Å². The maximum Gasteiger partial charge on any atom is 0.280 e. The lowest BCUT2D eigenvalue weighted by molar-refractivity contribution is 0.0913. The zero-order valence-corrected chi connectivity index (χ0v) is 16.2. The molecule has 1 unspecified atom stereocenters. The number of nitrogens with zero attached hydrogens (tertiary/aromatic N) is 4. The summed E-state index contributed by atoms with van der Waals surface area (Å²) in [6, 6.07) is 7.52. The summed E-state index contributed by atoms with van der Waals surface area (Å²) in [6.07, 6.45) is 3.77. The van der Waals surface area contributed by atoms with Gasteiger partial charge in [-0.2, -0.15) is 5.10 Å². The van der Waals surface area contributed by atoms with Crippen molar-refractivity contribution in [3.63, 3.8) is 0 Å². The number of carbonyl (C=O) groups excluding carboxylic acids is 1. The average molecular weight is 386 g/mol. The number of amides is 1. The predicted octanol–water partition coefficient (Wildman–Crippen LogP) is 3.25. The molecule has 3 aromatic rings. The molecule has 0 radical (unpaired) electrons. The fraction of sp³-hybridized carbons (Fsp3) is 0.421. The fourth-order valence-corrected chi connectivity index (χ4v) is 4.17. The molecule has 8 heteroatoms. The van der Waals surface area contributed by atoms with Crippen molar-refractivity contribution in [1.82, 2.24) is 14.8 Å². The lowest BCUT2D eigenvalue weighted by atomic mass is 10.2. The van der Waals surface area contributed by atoms with E-state index in [4.69, 9.17) is 9.47 Å². The quantitative estimate of drug-likeness (QED) is 0.650. The smallest absolute Gasteiger partial charge is 0.280 e. The molecule has 1 aliphatic heterocycles. The minimum absolute atomic E-state index is 0.0312. The number of aromatic nitrogens is 3. The topological polar surface area (TPSA) is 69.5 Å². The summed E-state index contributed by atoms with van der Waals surface area (Å²) < 4.78 is 14.0. The molecule has 3 heterocycles. The Balaban J connectivity index is 1.68. The monoisotopic (exact) mass is 386 g/mol. The highest BCUT2D eigenvalue weighted by atomic mass is 32.1. The number of aryl methyl sites for hydroxylation is 1. The summed E-state index contributed by atoms with van der Waals surface area (Å²) in [5.41, 5.74) is 1.26. The summed E-state index contributed by atoms with van der Waals surface area (Å²) in [4.78, 5) is 19.5. The Bertz CT molecular complexity index is 945. The first-order valence-corrected chi connectivity index (χ1v) is 9.92. The number of rotatable bonds is 6. The van der Waals surface area contributed by atoms with Crippen LogP contribution in [0.3, 0.4) is 0 Å². The van der Waals surface area contributed by atoms with Crippen LogP contribution in [0.5, 0.6) is 5.75 Å². The standard InChI is InChI=1S/C19H22N4O3S/c1-3-25-13-6-7-15-17(11-13)27-19(20-15)23(12-14-5-4-10-26-14)18(24)16-8-9-22(2)21-16/h6-9,11,14H,3-5,10,12H2,1-2H3. The molecule has 2 aromatic heterocycles. The predicted molar refractivity (Wildman–Crippen MR) is 105 cm³/mol. The number of benzene rings is 1. The Morgan fingerprint density at radius 3 is 3.04 bits per heavy atom. The number of ether oxygens (including phenoxy) is 2. The van der Waals surface area contributed by atoms with E-state index in [1.165, 1.54) is 11.3 Å². The Morgan fingerprint density at radius 1 is 1.44 bits per heavy atom. The Morgan fingerprint density at radius 2 is 2.33 bits per heavy atom. The molecule has 0 N–H and O–H groups in total. The van der Waals surface area contributed by atoms with Gasteiger partial charge in [-0.25, -0.2) is 4.98 Å². The van der Waals surface area contributed by atoms with Gasteiger partial charge in [0.15, 0.2) is 10.8 Å². The van der Waals surface area contributed by atoms with Crippen LogP contribution < -0.4 is 9.64 Å². The first kappa shape index (κ1) is 17.9. The second-order valence-electron chi connectivity index (χ2n) is 6.48. The molecule has 142 valence electrons. The van der Waals surface area contributed by atoms with Crippen LogP contribution in [0.4, 0.5) is 5.13 Å². The molecule has 0 spiro atoms. The minimum atomic E-state index is -0.157. The minimum Gasteiger partial charge on any atom is -0.494 e. The van der Waals surface area contributed by atoms with E-state index in [2.05, 4.69) is 10.1 Å². The van der Waals surface area contributed by atoms with E-state index in [0.29, 0.717) is 24.0 Å². The second kappa shape index (κ2) is 7.66. The molecular weight excluding hydrogens is 364 g/mol. The van der Waals surface area contributed by atoms with Crippen molar-refractivity contribution in [3.05, 3.63) is 36.2 Å². The van der Waals surface area contributed by atoms with Crippen molar-refractivity contribution < 1.29 is 14.3 Å². The van der Waals surface area contributed by atoms with Gasteiger partial charge in [-0.1, -0.05) is 11.3 Å². The molecular formula is C19H22N4O3S. The van der Waals surface area contributed by atoms with E-state index in [-0.39, 0.29) is 12.0 Å². The summed E-state index contributed by atoms with van der Waals surface area (Å²) >= 11 is 1.48. The summed E-state index contributed by atoms with van der Waals surface area (Å²) in [6.45, 7) is 3.79. The first-order valence-electron chi connectivity index (χ1n) is 9.10. The summed E-state index contributed by atoms with van der Waals surface area (Å²) in [5, 5.41) is 4.92. The Hall–Kier alpha value is -2.45. The molecule has 1 aliphatic rings. The maximum absolute atomic E-state index is 13.1. The largest absolute Gasteiger partial charge is 0.494 e. The van der Waals surface area contributed by atoms with Crippen molar-refractivity contribution >= 4 is 32.6 Å². The zero-order valence-electron chi connectivity index (χ0n) is 15.4. The third-order valence-corrected chi connectivity index (χ3v) is 5.52. The van der Waals surface area contributed by atoms with Gasteiger partial charge in [0.05, 0.1) is 29.5 Å². The highest BCUT2D eigenvalue weighted by molar-refractivity contribution is 7.22. The van der Waals surface area contributed by atoms with Crippen LogP contribution in [0.25, 0.3) is 10.2 Å².